The van der Waals surface area contributed by atoms with Crippen molar-refractivity contribution in [2.45, 2.75) is 13.8 Å². The summed E-state index contributed by atoms with van der Waals surface area (Å²) in [6.45, 7) is 16.9. The number of hydrogen-bond donors (Lipinski definition) is 0. The van der Waals surface area contributed by atoms with E-state index in [-0.39, 0.29) is 34.1 Å². The molecule has 0 aliphatic carbocycles. The summed E-state index contributed by atoms with van der Waals surface area (Å²) in [4.78, 5) is 61.2. The average Bonchev–Trinajstić information content (AvgIpc) is 3.22. The van der Waals surface area contributed by atoms with Crippen LogP contribution >= 0.6 is 0 Å². The molecule has 0 aliphatic heterocycles. The topological polar surface area (TPSA) is 132 Å². The van der Waals surface area contributed by atoms with Gasteiger partial charge in [0, 0.05) is 52.5 Å². The van der Waals surface area contributed by atoms with Crippen LogP contribution in [0.3, 0.4) is 0 Å². The molecule has 0 aliphatic rings. The Hall–Kier alpha value is -7.92. The SMILES string of the molecule is C=CC(=O)Oc1cccc(/C=C/c2ccc(-c3ccc(OC(=O)/C(C)=C(\C)c4ccc(OC(=O)C=C)c5ccc(OC(=O)C=C)cc45)cc3F)cc2OC(=O)C=C)c1. The first-order chi connectivity index (χ1) is 27.8. The Kier molecular flexibility index (Phi) is 13.2. The van der Waals surface area contributed by atoms with Gasteiger partial charge in [-0.3, -0.25) is 0 Å². The summed E-state index contributed by atoms with van der Waals surface area (Å²) in [7, 11) is 0. The summed E-state index contributed by atoms with van der Waals surface area (Å²) in [5.41, 5.74) is 2.83. The van der Waals surface area contributed by atoms with Crippen LogP contribution in [-0.2, 0) is 24.0 Å². The van der Waals surface area contributed by atoms with Crippen molar-refractivity contribution in [3.05, 3.63) is 170 Å². The fourth-order valence-corrected chi connectivity index (χ4v) is 5.52. The molecule has 0 fully saturated rings. The van der Waals surface area contributed by atoms with Gasteiger partial charge in [0.05, 0.1) is 0 Å². The van der Waals surface area contributed by atoms with Crippen molar-refractivity contribution in [2.24, 2.45) is 0 Å². The minimum absolute atomic E-state index is 0.0765. The molecule has 0 atom stereocenters. The highest BCUT2D eigenvalue weighted by Crippen LogP contribution is 2.37. The van der Waals surface area contributed by atoms with Crippen molar-refractivity contribution in [3.8, 4) is 39.9 Å². The Balaban J connectivity index is 1.42. The monoisotopic (exact) mass is 778 g/mol. The molecule has 0 aromatic heterocycles. The molecular weight excluding hydrogens is 744 g/mol. The number of esters is 5. The van der Waals surface area contributed by atoms with E-state index in [4.69, 9.17) is 23.7 Å². The van der Waals surface area contributed by atoms with E-state index in [0.29, 0.717) is 44.3 Å². The summed E-state index contributed by atoms with van der Waals surface area (Å²) in [6.07, 6.45) is 7.46. The normalized spacial score (nSPS) is 11.2. The Morgan fingerprint density at radius 2 is 1.16 bits per heavy atom. The molecular formula is C47H35FO10. The lowest BCUT2D eigenvalue weighted by atomic mass is 9.95. The highest BCUT2D eigenvalue weighted by Gasteiger charge is 2.19. The molecule has 0 amide bonds. The third-order valence-electron chi connectivity index (χ3n) is 8.53. The van der Waals surface area contributed by atoms with Crippen LogP contribution in [0.1, 0.15) is 30.5 Å². The fourth-order valence-electron chi connectivity index (χ4n) is 5.52. The molecule has 0 spiro atoms. The highest BCUT2D eigenvalue weighted by atomic mass is 19.1. The maximum absolute atomic E-state index is 15.7. The number of ether oxygens (including phenoxy) is 5. The predicted octanol–water partition coefficient (Wildman–Crippen LogP) is 9.58. The molecule has 290 valence electrons. The Bertz CT molecular complexity index is 2590. The van der Waals surface area contributed by atoms with Crippen molar-refractivity contribution in [1.82, 2.24) is 0 Å². The molecule has 5 rings (SSSR count). The van der Waals surface area contributed by atoms with E-state index in [1.165, 1.54) is 31.2 Å². The first-order valence-corrected chi connectivity index (χ1v) is 17.4. The van der Waals surface area contributed by atoms with E-state index in [1.807, 2.05) is 0 Å². The zero-order chi connectivity index (χ0) is 41.9. The van der Waals surface area contributed by atoms with Gasteiger partial charge in [-0.05, 0) is 96.1 Å². The Morgan fingerprint density at radius 1 is 0.552 bits per heavy atom. The first kappa shape index (κ1) is 41.2. The van der Waals surface area contributed by atoms with E-state index >= 15 is 4.39 Å². The predicted molar refractivity (Wildman–Crippen MR) is 218 cm³/mol. The molecule has 0 bridgehead atoms. The standard InChI is InChI=1S/C47H35FO10/c1-7-43(49)54-33-13-11-12-30(24-33)14-15-31-16-17-32(25-42(31)58-46(52)10-4)37-20-18-35(27-40(37)48)56-47(53)29(6)28(5)36-22-23-41(57-45(51)9-3)38-21-19-34(26-39(36)38)55-44(50)8-2/h7-27H,1-4H2,5-6H3/b15-14+,29-28+. The second kappa shape index (κ2) is 18.6. The van der Waals surface area contributed by atoms with Crippen LogP contribution in [0.25, 0.3) is 39.6 Å². The zero-order valence-corrected chi connectivity index (χ0v) is 31.4. The second-order valence-electron chi connectivity index (χ2n) is 12.3. The molecule has 5 aromatic carbocycles. The van der Waals surface area contributed by atoms with Gasteiger partial charge in [0.15, 0.2) is 0 Å². The lowest BCUT2D eigenvalue weighted by Crippen LogP contribution is -2.11. The first-order valence-electron chi connectivity index (χ1n) is 17.4. The summed E-state index contributed by atoms with van der Waals surface area (Å²) in [5.74, 6) is -3.46. The minimum Gasteiger partial charge on any atom is -0.423 e. The number of benzene rings is 5. The summed E-state index contributed by atoms with van der Waals surface area (Å²) >= 11 is 0. The van der Waals surface area contributed by atoms with Crippen LogP contribution < -0.4 is 23.7 Å². The van der Waals surface area contributed by atoms with Crippen molar-refractivity contribution in [2.75, 3.05) is 0 Å². The second-order valence-corrected chi connectivity index (χ2v) is 12.3. The van der Waals surface area contributed by atoms with Gasteiger partial charge in [-0.2, -0.15) is 0 Å². The van der Waals surface area contributed by atoms with Gasteiger partial charge in [0.1, 0.15) is 34.6 Å². The molecule has 5 aromatic rings. The quantitative estimate of drug-likeness (QED) is 0.0465. The van der Waals surface area contributed by atoms with Crippen LogP contribution in [0.4, 0.5) is 4.39 Å². The van der Waals surface area contributed by atoms with Crippen molar-refractivity contribution >= 4 is 58.3 Å². The van der Waals surface area contributed by atoms with Gasteiger partial charge in [-0.15, -0.1) is 0 Å². The summed E-state index contributed by atoms with van der Waals surface area (Å²) in [6, 6.07) is 23.3. The van der Waals surface area contributed by atoms with E-state index in [9.17, 15) is 24.0 Å². The minimum atomic E-state index is -0.770. The number of carbonyl (C=O) groups is 5. The fraction of sp³-hybridized carbons (Fsp3) is 0.0426. The number of halogens is 1. The van der Waals surface area contributed by atoms with Crippen LogP contribution in [0.2, 0.25) is 0 Å². The molecule has 58 heavy (non-hydrogen) atoms. The Morgan fingerprint density at radius 3 is 1.81 bits per heavy atom. The van der Waals surface area contributed by atoms with E-state index < -0.39 is 35.7 Å². The molecule has 0 radical (unpaired) electrons. The van der Waals surface area contributed by atoms with Gasteiger partial charge < -0.3 is 23.7 Å². The van der Waals surface area contributed by atoms with Crippen molar-refractivity contribution < 1.29 is 52.0 Å². The summed E-state index contributed by atoms with van der Waals surface area (Å²) in [5, 5.41) is 0.971. The van der Waals surface area contributed by atoms with E-state index in [1.54, 1.807) is 79.7 Å². The lowest BCUT2D eigenvalue weighted by Gasteiger charge is -2.15. The average molecular weight is 779 g/mol. The smallest absolute Gasteiger partial charge is 0.339 e. The molecule has 0 saturated heterocycles. The molecule has 10 nitrogen and oxygen atoms in total. The number of rotatable bonds is 14. The number of hydrogen-bond acceptors (Lipinski definition) is 10. The van der Waals surface area contributed by atoms with Gasteiger partial charge in [0.2, 0.25) is 0 Å². The molecule has 0 heterocycles. The maximum Gasteiger partial charge on any atom is 0.339 e. The van der Waals surface area contributed by atoms with Gasteiger partial charge in [-0.25, -0.2) is 28.4 Å². The largest absolute Gasteiger partial charge is 0.423 e. The van der Waals surface area contributed by atoms with Crippen molar-refractivity contribution in [1.29, 1.82) is 0 Å². The summed E-state index contributed by atoms with van der Waals surface area (Å²) < 4.78 is 42.7. The highest BCUT2D eigenvalue weighted by molar-refractivity contribution is 6.05. The van der Waals surface area contributed by atoms with E-state index in [2.05, 4.69) is 26.3 Å². The molecule has 0 saturated carbocycles. The van der Waals surface area contributed by atoms with Gasteiger partial charge >= 0.3 is 29.8 Å². The number of fused-ring (bicyclic) bond motifs is 1. The third-order valence-corrected chi connectivity index (χ3v) is 8.53. The maximum atomic E-state index is 15.7. The van der Waals surface area contributed by atoms with Gasteiger partial charge in [0.25, 0.3) is 0 Å². The molecule has 11 heteroatoms. The van der Waals surface area contributed by atoms with E-state index in [0.717, 1.165) is 30.4 Å². The number of carbonyl (C=O) groups excluding carboxylic acids is 5. The Labute approximate surface area is 333 Å². The lowest BCUT2D eigenvalue weighted by molar-refractivity contribution is -0.130. The zero-order valence-electron chi connectivity index (χ0n) is 31.4. The van der Waals surface area contributed by atoms with Crippen LogP contribution in [0.5, 0.6) is 28.7 Å². The van der Waals surface area contributed by atoms with Gasteiger partial charge in [-0.1, -0.05) is 68.8 Å². The van der Waals surface area contributed by atoms with Crippen LogP contribution in [-0.4, -0.2) is 29.8 Å². The molecule has 0 N–H and O–H groups in total. The third kappa shape index (κ3) is 10.0. The molecule has 0 unspecified atom stereocenters. The van der Waals surface area contributed by atoms with Crippen LogP contribution in [0.15, 0.2) is 147 Å². The van der Waals surface area contributed by atoms with Crippen molar-refractivity contribution in [3.63, 3.8) is 0 Å². The van der Waals surface area contributed by atoms with Crippen LogP contribution in [0, 0.1) is 5.82 Å². The number of allylic oxidation sites excluding steroid dienone is 1.